The molecule has 3 heterocycles. The lowest BCUT2D eigenvalue weighted by atomic mass is 10.2. The number of morpholine rings is 1. The molecule has 1 saturated heterocycles. The molecule has 0 spiro atoms. The highest BCUT2D eigenvalue weighted by Gasteiger charge is 2.23. The highest BCUT2D eigenvalue weighted by molar-refractivity contribution is 5.83. The summed E-state index contributed by atoms with van der Waals surface area (Å²) in [5.74, 6) is 1.33. The highest BCUT2D eigenvalue weighted by atomic mass is 16.5. The Balaban J connectivity index is 1.52. The van der Waals surface area contributed by atoms with Gasteiger partial charge in [0.05, 0.1) is 19.8 Å². The van der Waals surface area contributed by atoms with Gasteiger partial charge in [-0.1, -0.05) is 0 Å². The minimum absolute atomic E-state index is 0.0000827. The number of nitrogens with one attached hydrogen (secondary N) is 2. The fourth-order valence-electron chi connectivity index (χ4n) is 3.44. The van der Waals surface area contributed by atoms with E-state index < -0.39 is 0 Å². The van der Waals surface area contributed by atoms with Crippen molar-refractivity contribution in [3.05, 3.63) is 36.0 Å². The maximum atomic E-state index is 12.0. The number of amides is 1. The second-order valence-electron chi connectivity index (χ2n) is 7.31. The van der Waals surface area contributed by atoms with Crippen LogP contribution in [-0.4, -0.2) is 54.8 Å². The van der Waals surface area contributed by atoms with Gasteiger partial charge in [-0.15, -0.1) is 0 Å². The number of carbonyl (C=O) groups excluding carboxylic acids is 1. The van der Waals surface area contributed by atoms with Crippen LogP contribution in [0.25, 0.3) is 0 Å². The van der Waals surface area contributed by atoms with Crippen LogP contribution in [-0.2, 0) is 16.1 Å². The Morgan fingerprint density at radius 3 is 2.64 bits per heavy atom. The van der Waals surface area contributed by atoms with Gasteiger partial charge < -0.3 is 25.2 Å². The van der Waals surface area contributed by atoms with Gasteiger partial charge in [-0.2, -0.15) is 4.98 Å². The van der Waals surface area contributed by atoms with Crippen molar-refractivity contribution in [3.63, 3.8) is 0 Å². The first kappa shape index (κ1) is 18.5. The molecule has 2 N–H and O–H groups in total. The predicted molar refractivity (Wildman–Crippen MR) is 109 cm³/mol. The first-order valence-corrected chi connectivity index (χ1v) is 9.69. The number of hydrogen-bond acceptors (Lipinski definition) is 7. The van der Waals surface area contributed by atoms with Crippen molar-refractivity contribution in [1.29, 1.82) is 0 Å². The van der Waals surface area contributed by atoms with Gasteiger partial charge >= 0.3 is 0 Å². The molecule has 2 aliphatic heterocycles. The van der Waals surface area contributed by atoms with E-state index in [1.807, 2.05) is 17.0 Å². The van der Waals surface area contributed by atoms with Crippen LogP contribution >= 0.6 is 0 Å². The number of hydrogen-bond donors (Lipinski definition) is 2. The van der Waals surface area contributed by atoms with Crippen molar-refractivity contribution in [3.8, 4) is 0 Å². The van der Waals surface area contributed by atoms with Gasteiger partial charge in [0.15, 0.2) is 0 Å². The average molecular weight is 382 g/mol. The molecular weight excluding hydrogens is 356 g/mol. The van der Waals surface area contributed by atoms with Crippen molar-refractivity contribution in [1.82, 2.24) is 15.3 Å². The van der Waals surface area contributed by atoms with E-state index in [-0.39, 0.29) is 11.9 Å². The summed E-state index contributed by atoms with van der Waals surface area (Å²) in [4.78, 5) is 25.4. The molecule has 28 heavy (non-hydrogen) atoms. The van der Waals surface area contributed by atoms with E-state index in [0.717, 1.165) is 43.4 Å². The zero-order valence-corrected chi connectivity index (χ0v) is 16.3. The molecule has 0 bridgehead atoms. The van der Waals surface area contributed by atoms with Crippen molar-refractivity contribution >= 4 is 29.0 Å². The molecule has 1 aromatic carbocycles. The smallest absolute Gasteiger partial charge is 0.239 e. The molecule has 0 atom stereocenters. The number of anilines is 4. The van der Waals surface area contributed by atoms with Crippen LogP contribution in [0.1, 0.15) is 19.4 Å². The standard InChI is InChI=1S/C20H26N6O2/c1-14(2)26-13-18(27)21-11-15-12-22-20(24-19(15)26)23-16-3-5-17(6-4-16)25-7-9-28-10-8-25/h3-6,12,14H,7-11,13H2,1-2H3,(H,21,27)(H,22,23,24). The Bertz CT molecular complexity index is 833. The van der Waals surface area contributed by atoms with Crippen LogP contribution in [0.15, 0.2) is 30.5 Å². The molecule has 8 heteroatoms. The summed E-state index contributed by atoms with van der Waals surface area (Å²) >= 11 is 0. The van der Waals surface area contributed by atoms with Gasteiger partial charge in [0.1, 0.15) is 5.82 Å². The van der Waals surface area contributed by atoms with Crippen molar-refractivity contribution in [2.45, 2.75) is 26.4 Å². The first-order chi connectivity index (χ1) is 13.6. The Morgan fingerprint density at radius 1 is 1.18 bits per heavy atom. The number of rotatable bonds is 4. The Hall–Kier alpha value is -2.87. The first-order valence-electron chi connectivity index (χ1n) is 9.69. The third-order valence-corrected chi connectivity index (χ3v) is 5.03. The monoisotopic (exact) mass is 382 g/mol. The molecule has 0 aliphatic carbocycles. The van der Waals surface area contributed by atoms with Crippen LogP contribution < -0.4 is 20.4 Å². The van der Waals surface area contributed by atoms with Gasteiger partial charge in [-0.25, -0.2) is 4.98 Å². The van der Waals surface area contributed by atoms with Gasteiger partial charge in [0.25, 0.3) is 0 Å². The molecule has 0 radical (unpaired) electrons. The SMILES string of the molecule is CC(C)N1CC(=O)NCc2cnc(Nc3ccc(N4CCOCC4)cc3)nc21. The predicted octanol–water partition coefficient (Wildman–Crippen LogP) is 1.90. The number of ether oxygens (including phenoxy) is 1. The van der Waals surface area contributed by atoms with Crippen molar-refractivity contribution in [2.24, 2.45) is 0 Å². The third-order valence-electron chi connectivity index (χ3n) is 5.03. The lowest BCUT2D eigenvalue weighted by Crippen LogP contribution is -2.38. The lowest BCUT2D eigenvalue weighted by molar-refractivity contribution is -0.119. The molecule has 1 fully saturated rings. The molecule has 0 saturated carbocycles. The summed E-state index contributed by atoms with van der Waals surface area (Å²) in [5, 5.41) is 6.18. The van der Waals surface area contributed by atoms with Gasteiger partial charge in [-0.3, -0.25) is 4.79 Å². The van der Waals surface area contributed by atoms with Gasteiger partial charge in [0.2, 0.25) is 11.9 Å². The van der Waals surface area contributed by atoms with Crippen LogP contribution in [0.2, 0.25) is 0 Å². The molecule has 1 aromatic heterocycles. The maximum absolute atomic E-state index is 12.0. The van der Waals surface area contributed by atoms with Crippen LogP contribution in [0.5, 0.6) is 0 Å². The Kier molecular flexibility index (Phi) is 5.29. The van der Waals surface area contributed by atoms with Gasteiger partial charge in [0, 0.05) is 48.8 Å². The summed E-state index contributed by atoms with van der Waals surface area (Å²) in [6, 6.07) is 8.43. The van der Waals surface area contributed by atoms with Crippen molar-refractivity contribution < 1.29 is 9.53 Å². The van der Waals surface area contributed by atoms with E-state index >= 15 is 0 Å². The van der Waals surface area contributed by atoms with Gasteiger partial charge in [-0.05, 0) is 38.1 Å². The average Bonchev–Trinajstić information content (AvgIpc) is 2.88. The number of aromatic nitrogens is 2. The topological polar surface area (TPSA) is 82.6 Å². The zero-order valence-electron chi connectivity index (χ0n) is 16.3. The fourth-order valence-corrected chi connectivity index (χ4v) is 3.44. The zero-order chi connectivity index (χ0) is 19.5. The maximum Gasteiger partial charge on any atom is 0.239 e. The molecule has 0 unspecified atom stereocenters. The summed E-state index contributed by atoms with van der Waals surface area (Å²) in [7, 11) is 0. The minimum Gasteiger partial charge on any atom is -0.378 e. The number of benzene rings is 1. The molecule has 2 aromatic rings. The lowest BCUT2D eigenvalue weighted by Gasteiger charge is -2.29. The molecule has 4 rings (SSSR count). The summed E-state index contributed by atoms with van der Waals surface area (Å²) in [5.41, 5.74) is 3.04. The Morgan fingerprint density at radius 2 is 1.93 bits per heavy atom. The molecule has 1 amide bonds. The summed E-state index contributed by atoms with van der Waals surface area (Å²) in [6.45, 7) is 8.24. The second kappa shape index (κ2) is 8.02. The van der Waals surface area contributed by atoms with Crippen LogP contribution in [0.4, 0.5) is 23.1 Å². The molecule has 8 nitrogen and oxygen atoms in total. The van der Waals surface area contributed by atoms with E-state index in [2.05, 4.69) is 46.5 Å². The van der Waals surface area contributed by atoms with Crippen LogP contribution in [0, 0.1) is 0 Å². The second-order valence-corrected chi connectivity index (χ2v) is 7.31. The normalized spacial score (nSPS) is 17.2. The number of nitrogens with zero attached hydrogens (tertiary/aromatic N) is 4. The largest absolute Gasteiger partial charge is 0.378 e. The minimum atomic E-state index is -0.0000827. The summed E-state index contributed by atoms with van der Waals surface area (Å²) in [6.07, 6.45) is 1.79. The van der Waals surface area contributed by atoms with E-state index in [1.165, 1.54) is 5.69 Å². The fraction of sp³-hybridized carbons (Fsp3) is 0.450. The summed E-state index contributed by atoms with van der Waals surface area (Å²) < 4.78 is 5.41. The highest BCUT2D eigenvalue weighted by Crippen LogP contribution is 2.25. The number of fused-ring (bicyclic) bond motifs is 1. The van der Waals surface area contributed by atoms with E-state index in [4.69, 9.17) is 9.72 Å². The van der Waals surface area contributed by atoms with Crippen molar-refractivity contribution in [2.75, 3.05) is 48.0 Å². The Labute approximate surface area is 164 Å². The molecular formula is C20H26N6O2. The molecule has 2 aliphatic rings. The molecule has 148 valence electrons. The number of carbonyl (C=O) groups is 1. The quantitative estimate of drug-likeness (QED) is 0.836. The third kappa shape index (κ3) is 4.01. The van der Waals surface area contributed by atoms with E-state index in [1.54, 1.807) is 6.20 Å². The van der Waals surface area contributed by atoms with E-state index in [0.29, 0.717) is 19.0 Å². The van der Waals surface area contributed by atoms with E-state index in [9.17, 15) is 4.79 Å². The van der Waals surface area contributed by atoms with Crippen LogP contribution in [0.3, 0.4) is 0 Å².